The van der Waals surface area contributed by atoms with Crippen LogP contribution in [0.1, 0.15) is 15.9 Å². The number of hydrogen-bond acceptors (Lipinski definition) is 3. The quantitative estimate of drug-likeness (QED) is 0.710. The molecule has 1 aromatic carbocycles. The summed E-state index contributed by atoms with van der Waals surface area (Å²) in [5.41, 5.74) is 1.04. The lowest BCUT2D eigenvalue weighted by Crippen LogP contribution is -1.99. The molecular formula is C9H8O4. The Balaban J connectivity index is 2.62. The van der Waals surface area contributed by atoms with E-state index in [9.17, 15) is 4.79 Å². The van der Waals surface area contributed by atoms with Gasteiger partial charge in [-0.3, -0.25) is 0 Å². The lowest BCUT2D eigenvalue weighted by Gasteiger charge is -2.02. The number of fused-ring (bicyclic) bond motifs is 1. The molecule has 1 heterocycles. The summed E-state index contributed by atoms with van der Waals surface area (Å²) in [5, 5.41) is 8.80. The zero-order valence-electron chi connectivity index (χ0n) is 7.03. The largest absolute Gasteiger partial charge is 0.478 e. The van der Waals surface area contributed by atoms with Gasteiger partial charge in [-0.25, -0.2) is 4.79 Å². The molecule has 0 fully saturated rings. The molecule has 0 bridgehead atoms. The van der Waals surface area contributed by atoms with E-state index in [1.54, 1.807) is 6.07 Å². The van der Waals surface area contributed by atoms with E-state index in [-0.39, 0.29) is 12.4 Å². The maximum absolute atomic E-state index is 10.7. The van der Waals surface area contributed by atoms with Crippen molar-refractivity contribution >= 4 is 5.97 Å². The van der Waals surface area contributed by atoms with Crippen molar-refractivity contribution in [1.29, 1.82) is 0 Å². The maximum atomic E-state index is 10.7. The monoisotopic (exact) mass is 180 g/mol. The van der Waals surface area contributed by atoms with Crippen LogP contribution in [0.15, 0.2) is 12.1 Å². The number of hydrogen-bond donors (Lipinski definition) is 1. The van der Waals surface area contributed by atoms with Gasteiger partial charge in [-0.15, -0.1) is 0 Å². The number of aromatic carboxylic acids is 1. The minimum Gasteiger partial charge on any atom is -0.478 e. The second-order valence-electron chi connectivity index (χ2n) is 2.80. The fourth-order valence-corrected chi connectivity index (χ4v) is 1.30. The molecule has 2 rings (SSSR count). The van der Waals surface area contributed by atoms with Crippen LogP contribution >= 0.6 is 0 Å². The summed E-state index contributed by atoms with van der Waals surface area (Å²) < 4.78 is 10.2. The summed E-state index contributed by atoms with van der Waals surface area (Å²) in [6.45, 7) is 1.94. The molecule has 0 unspecified atom stereocenters. The van der Waals surface area contributed by atoms with Crippen LogP contribution in [-0.2, 0) is 0 Å². The number of aryl methyl sites for hydroxylation is 1. The van der Waals surface area contributed by atoms with E-state index in [0.29, 0.717) is 11.5 Å². The van der Waals surface area contributed by atoms with Crippen LogP contribution in [0.4, 0.5) is 0 Å². The van der Waals surface area contributed by atoms with Crippen LogP contribution in [-0.4, -0.2) is 17.9 Å². The van der Waals surface area contributed by atoms with Crippen LogP contribution in [0.25, 0.3) is 0 Å². The Labute approximate surface area is 74.7 Å². The molecule has 0 radical (unpaired) electrons. The van der Waals surface area contributed by atoms with Crippen molar-refractivity contribution in [2.75, 3.05) is 6.79 Å². The van der Waals surface area contributed by atoms with Gasteiger partial charge in [0.1, 0.15) is 5.56 Å². The molecule has 0 aromatic heterocycles. The summed E-state index contributed by atoms with van der Waals surface area (Å²) in [6, 6.07) is 3.22. The van der Waals surface area contributed by atoms with Gasteiger partial charge >= 0.3 is 5.97 Å². The summed E-state index contributed by atoms with van der Waals surface area (Å²) in [7, 11) is 0. The van der Waals surface area contributed by atoms with E-state index in [1.807, 2.05) is 6.92 Å². The molecule has 1 aromatic rings. The van der Waals surface area contributed by atoms with Gasteiger partial charge in [-0.1, -0.05) is 6.07 Å². The zero-order valence-corrected chi connectivity index (χ0v) is 7.03. The van der Waals surface area contributed by atoms with Crippen LogP contribution in [0.2, 0.25) is 0 Å². The zero-order chi connectivity index (χ0) is 9.42. The van der Waals surface area contributed by atoms with E-state index in [4.69, 9.17) is 14.6 Å². The molecule has 0 atom stereocenters. The van der Waals surface area contributed by atoms with Crippen LogP contribution in [0, 0.1) is 6.92 Å². The number of carboxylic acid groups (broad SMARTS) is 1. The molecule has 0 aliphatic carbocycles. The second-order valence-corrected chi connectivity index (χ2v) is 2.80. The fraction of sp³-hybridized carbons (Fsp3) is 0.222. The van der Waals surface area contributed by atoms with Gasteiger partial charge in [0, 0.05) is 0 Å². The van der Waals surface area contributed by atoms with E-state index in [1.165, 1.54) is 6.07 Å². The Hall–Kier alpha value is -1.71. The van der Waals surface area contributed by atoms with Crippen molar-refractivity contribution in [3.8, 4) is 11.5 Å². The molecule has 13 heavy (non-hydrogen) atoms. The van der Waals surface area contributed by atoms with Gasteiger partial charge in [0.25, 0.3) is 0 Å². The van der Waals surface area contributed by atoms with Crippen LogP contribution in [0.5, 0.6) is 11.5 Å². The second kappa shape index (κ2) is 2.65. The molecule has 0 saturated heterocycles. The maximum Gasteiger partial charge on any atom is 0.339 e. The Morgan fingerprint density at radius 2 is 2.08 bits per heavy atom. The first kappa shape index (κ1) is 7.91. The Morgan fingerprint density at radius 1 is 1.38 bits per heavy atom. The van der Waals surface area contributed by atoms with Gasteiger partial charge in [0.05, 0.1) is 0 Å². The SMILES string of the molecule is Cc1ccc(C(=O)O)c2c1OCO2. The number of ether oxygens (including phenoxy) is 2. The van der Waals surface area contributed by atoms with Crippen molar-refractivity contribution in [1.82, 2.24) is 0 Å². The van der Waals surface area contributed by atoms with Crippen molar-refractivity contribution in [2.24, 2.45) is 0 Å². The molecule has 1 aliphatic heterocycles. The van der Waals surface area contributed by atoms with E-state index in [0.717, 1.165) is 5.56 Å². The highest BCUT2D eigenvalue weighted by Gasteiger charge is 2.23. The molecular weight excluding hydrogens is 172 g/mol. The lowest BCUT2D eigenvalue weighted by molar-refractivity contribution is 0.0692. The molecule has 4 nitrogen and oxygen atoms in total. The molecule has 1 aliphatic rings. The van der Waals surface area contributed by atoms with E-state index >= 15 is 0 Å². The first-order valence-corrected chi connectivity index (χ1v) is 3.82. The van der Waals surface area contributed by atoms with Gasteiger partial charge in [0.15, 0.2) is 11.5 Å². The summed E-state index contributed by atoms with van der Waals surface area (Å²) in [5.74, 6) is -0.117. The minimum absolute atomic E-state index is 0.0977. The topological polar surface area (TPSA) is 55.8 Å². The number of rotatable bonds is 1. The van der Waals surface area contributed by atoms with E-state index < -0.39 is 5.97 Å². The average Bonchev–Trinajstić information content (AvgIpc) is 2.53. The first-order chi connectivity index (χ1) is 6.20. The Bertz CT molecular complexity index is 370. The highest BCUT2D eigenvalue weighted by Crippen LogP contribution is 2.38. The molecule has 4 heteroatoms. The third-order valence-electron chi connectivity index (χ3n) is 1.95. The number of benzene rings is 1. The molecule has 1 N–H and O–H groups in total. The minimum atomic E-state index is -0.998. The summed E-state index contributed by atoms with van der Waals surface area (Å²) in [6.07, 6.45) is 0. The lowest BCUT2D eigenvalue weighted by atomic mass is 10.1. The Morgan fingerprint density at radius 3 is 2.77 bits per heavy atom. The smallest absolute Gasteiger partial charge is 0.339 e. The highest BCUT2D eigenvalue weighted by atomic mass is 16.7. The van der Waals surface area contributed by atoms with Gasteiger partial charge in [-0.05, 0) is 18.6 Å². The summed E-state index contributed by atoms with van der Waals surface area (Å²) >= 11 is 0. The number of carboxylic acids is 1. The molecule has 68 valence electrons. The van der Waals surface area contributed by atoms with Crippen LogP contribution < -0.4 is 9.47 Å². The fourth-order valence-electron chi connectivity index (χ4n) is 1.30. The third-order valence-corrected chi connectivity index (χ3v) is 1.95. The standard InChI is InChI=1S/C9H8O4/c1-5-2-3-6(9(10)11)8-7(5)12-4-13-8/h2-3H,4H2,1H3,(H,10,11). The first-order valence-electron chi connectivity index (χ1n) is 3.82. The van der Waals surface area contributed by atoms with Gasteiger partial charge in [-0.2, -0.15) is 0 Å². The predicted molar refractivity (Wildman–Crippen MR) is 44.3 cm³/mol. The Kier molecular flexibility index (Phi) is 1.62. The molecule has 0 saturated carbocycles. The van der Waals surface area contributed by atoms with Crippen molar-refractivity contribution < 1.29 is 19.4 Å². The molecule has 0 spiro atoms. The van der Waals surface area contributed by atoms with Crippen molar-refractivity contribution in [2.45, 2.75) is 6.92 Å². The van der Waals surface area contributed by atoms with E-state index in [2.05, 4.69) is 0 Å². The highest BCUT2D eigenvalue weighted by molar-refractivity contribution is 5.92. The normalized spacial score (nSPS) is 13.0. The summed E-state index contributed by atoms with van der Waals surface area (Å²) in [4.78, 5) is 10.7. The third kappa shape index (κ3) is 1.11. The van der Waals surface area contributed by atoms with Crippen LogP contribution in [0.3, 0.4) is 0 Å². The van der Waals surface area contributed by atoms with Crippen molar-refractivity contribution in [3.05, 3.63) is 23.3 Å². The van der Waals surface area contributed by atoms with Crippen molar-refractivity contribution in [3.63, 3.8) is 0 Å². The van der Waals surface area contributed by atoms with Gasteiger partial charge < -0.3 is 14.6 Å². The molecule has 0 amide bonds. The number of carbonyl (C=O) groups is 1. The van der Waals surface area contributed by atoms with Gasteiger partial charge in [0.2, 0.25) is 6.79 Å². The average molecular weight is 180 g/mol. The predicted octanol–water partition coefficient (Wildman–Crippen LogP) is 1.42.